The maximum Gasteiger partial charge on any atom is 0.330 e. The van der Waals surface area contributed by atoms with Gasteiger partial charge in [-0.05, 0) is 40.7 Å². The number of esters is 1. The molecule has 4 atom stereocenters. The molecule has 7 nitrogen and oxygen atoms in total. The second kappa shape index (κ2) is 10.0. The van der Waals surface area contributed by atoms with Crippen molar-refractivity contribution < 1.29 is 23.9 Å². The molecule has 0 spiro atoms. The van der Waals surface area contributed by atoms with Gasteiger partial charge in [0.05, 0.1) is 17.9 Å². The van der Waals surface area contributed by atoms with Crippen LogP contribution in [-0.4, -0.2) is 41.2 Å². The molecule has 1 aliphatic heterocycles. The third kappa shape index (κ3) is 4.03. The van der Waals surface area contributed by atoms with E-state index in [9.17, 15) is 19.2 Å². The van der Waals surface area contributed by atoms with Crippen molar-refractivity contribution in [2.24, 2.45) is 17.8 Å². The Hall–Kier alpha value is -4.26. The number of likely N-dealkylation sites (tertiary alicyclic amines) is 1. The van der Waals surface area contributed by atoms with E-state index in [2.05, 4.69) is 5.32 Å². The highest BCUT2D eigenvalue weighted by atomic mass is 16.5. The molecule has 7 rings (SSSR count). The number of nitrogens with one attached hydrogen (secondary N) is 1. The molecule has 0 unspecified atom stereocenters. The number of hydrogen-bond acceptors (Lipinski definition) is 5. The predicted octanol–water partition coefficient (Wildman–Crippen LogP) is 4.32. The van der Waals surface area contributed by atoms with Crippen LogP contribution in [0.5, 0.6) is 0 Å². The van der Waals surface area contributed by atoms with Crippen LogP contribution in [0, 0.1) is 17.8 Å². The Kier molecular flexibility index (Phi) is 6.53. The van der Waals surface area contributed by atoms with E-state index in [1.165, 1.54) is 0 Å². The lowest BCUT2D eigenvalue weighted by molar-refractivity contribution is -0.162. The van der Waals surface area contributed by atoms with E-state index in [0.717, 1.165) is 32.7 Å². The average molecular weight is 537 g/mol. The summed E-state index contributed by atoms with van der Waals surface area (Å²) in [6, 6.07) is 24.1. The maximum atomic E-state index is 14.1. The number of carbonyl (C=O) groups excluding carboxylic acids is 4. The molecule has 1 heterocycles. The minimum atomic E-state index is -1.12. The quantitative estimate of drug-likeness (QED) is 0.359. The normalized spacial score (nSPS) is 23.8. The van der Waals surface area contributed by atoms with E-state index in [1.54, 1.807) is 13.8 Å². The summed E-state index contributed by atoms with van der Waals surface area (Å²) in [7, 11) is 0. The van der Waals surface area contributed by atoms with Gasteiger partial charge in [-0.25, -0.2) is 4.79 Å². The van der Waals surface area contributed by atoms with E-state index in [0.29, 0.717) is 0 Å². The van der Waals surface area contributed by atoms with Crippen LogP contribution in [0.25, 0.3) is 0 Å². The zero-order chi connectivity index (χ0) is 28.1. The molecular formula is C33H32N2O5. The highest BCUT2D eigenvalue weighted by Gasteiger charge is 2.63. The Morgan fingerprint density at radius 3 is 1.65 bits per heavy atom. The van der Waals surface area contributed by atoms with Gasteiger partial charge < -0.3 is 10.1 Å². The fraction of sp³-hybridized carbons (Fsp3) is 0.333. The molecule has 1 fully saturated rings. The van der Waals surface area contributed by atoms with Crippen molar-refractivity contribution in [1.82, 2.24) is 10.2 Å². The monoisotopic (exact) mass is 536 g/mol. The van der Waals surface area contributed by atoms with E-state index in [-0.39, 0.29) is 29.7 Å². The molecule has 0 aromatic heterocycles. The summed E-state index contributed by atoms with van der Waals surface area (Å²) in [5.74, 6) is -3.94. The minimum Gasteiger partial charge on any atom is -0.454 e. The summed E-state index contributed by atoms with van der Waals surface area (Å²) in [5.41, 5.74) is 5.22. The third-order valence-electron chi connectivity index (χ3n) is 8.66. The van der Waals surface area contributed by atoms with Crippen molar-refractivity contribution in [2.75, 3.05) is 6.61 Å². The van der Waals surface area contributed by atoms with E-state index < -0.39 is 42.3 Å². The standard InChI is InChI=1S/C33H32N2O5/c1-18(2)30(33(39)40-17-25(36)34-19(3)20-11-5-4-6-12-20)35-31(37)28-26-21-13-7-8-14-22(21)27(29(28)32(35)38)24-16-10-9-15-23(24)26/h4-16,18-19,26-30H,17H2,1-3H3,(H,34,36)/t19-,26?,27?,28-,29+,30+/m0/s1. The number of benzene rings is 3. The molecule has 4 aliphatic rings. The molecule has 0 radical (unpaired) electrons. The Balaban J connectivity index is 1.24. The smallest absolute Gasteiger partial charge is 0.330 e. The van der Waals surface area contributed by atoms with Gasteiger partial charge in [0.25, 0.3) is 5.91 Å². The van der Waals surface area contributed by atoms with Gasteiger partial charge in [0.1, 0.15) is 6.04 Å². The van der Waals surface area contributed by atoms with Crippen LogP contribution in [0.1, 0.15) is 66.5 Å². The largest absolute Gasteiger partial charge is 0.454 e. The van der Waals surface area contributed by atoms with Crippen LogP contribution in [0.15, 0.2) is 78.9 Å². The molecule has 7 heteroatoms. The maximum absolute atomic E-state index is 14.1. The minimum absolute atomic E-state index is 0.252. The number of rotatable bonds is 7. The topological polar surface area (TPSA) is 92.8 Å². The number of hydrogen-bond donors (Lipinski definition) is 1. The fourth-order valence-electron chi connectivity index (χ4n) is 6.98. The van der Waals surface area contributed by atoms with Gasteiger partial charge in [-0.3, -0.25) is 19.3 Å². The van der Waals surface area contributed by atoms with E-state index in [1.807, 2.05) is 85.8 Å². The van der Waals surface area contributed by atoms with Crippen LogP contribution in [0.3, 0.4) is 0 Å². The molecule has 1 N–H and O–H groups in total. The summed E-state index contributed by atoms with van der Waals surface area (Å²) in [4.78, 5) is 55.3. The summed E-state index contributed by atoms with van der Waals surface area (Å²) >= 11 is 0. The van der Waals surface area contributed by atoms with Gasteiger partial charge in [0.15, 0.2) is 6.61 Å². The summed E-state index contributed by atoms with van der Waals surface area (Å²) in [6.45, 7) is 4.91. The molecule has 3 aromatic rings. The first kappa shape index (κ1) is 26.0. The SMILES string of the molecule is CC(C)[C@H](C(=O)OCC(=O)N[C@@H](C)c1ccccc1)N1C(=O)[C@@H]2C3c4ccccc4C(c4ccccc43)[C@@H]2C1=O. The van der Waals surface area contributed by atoms with Crippen LogP contribution in [0.2, 0.25) is 0 Å². The zero-order valence-electron chi connectivity index (χ0n) is 22.7. The average Bonchev–Trinajstić information content (AvgIpc) is 3.22. The predicted molar refractivity (Wildman–Crippen MR) is 148 cm³/mol. The zero-order valence-corrected chi connectivity index (χ0v) is 22.7. The van der Waals surface area contributed by atoms with Crippen molar-refractivity contribution >= 4 is 23.7 Å². The van der Waals surface area contributed by atoms with Crippen LogP contribution >= 0.6 is 0 Å². The summed E-state index contributed by atoms with van der Waals surface area (Å²) < 4.78 is 5.42. The number of nitrogens with zero attached hydrogens (tertiary/aromatic N) is 1. The highest BCUT2D eigenvalue weighted by molar-refractivity contribution is 6.10. The van der Waals surface area contributed by atoms with Crippen molar-refractivity contribution in [1.29, 1.82) is 0 Å². The molecule has 1 saturated heterocycles. The lowest BCUT2D eigenvalue weighted by atomic mass is 9.55. The lowest BCUT2D eigenvalue weighted by Crippen LogP contribution is -2.50. The van der Waals surface area contributed by atoms with Gasteiger partial charge in [-0.15, -0.1) is 0 Å². The number of imide groups is 1. The van der Waals surface area contributed by atoms with E-state index in [4.69, 9.17) is 4.74 Å². The van der Waals surface area contributed by atoms with Crippen LogP contribution in [0.4, 0.5) is 0 Å². The first-order valence-electron chi connectivity index (χ1n) is 13.8. The number of amides is 3. The summed E-state index contributed by atoms with van der Waals surface area (Å²) in [6.07, 6.45) is 0. The van der Waals surface area contributed by atoms with Gasteiger partial charge in [-0.2, -0.15) is 0 Å². The molecule has 3 aromatic carbocycles. The van der Waals surface area contributed by atoms with Crippen LogP contribution in [-0.2, 0) is 23.9 Å². The van der Waals surface area contributed by atoms with Crippen molar-refractivity contribution in [2.45, 2.75) is 44.7 Å². The van der Waals surface area contributed by atoms with Gasteiger partial charge in [-0.1, -0.05) is 92.7 Å². The number of ether oxygens (including phenoxy) is 1. The molecule has 3 amide bonds. The van der Waals surface area contributed by atoms with Gasteiger partial charge in [0.2, 0.25) is 11.8 Å². The first-order chi connectivity index (χ1) is 19.3. The molecule has 204 valence electrons. The van der Waals surface area contributed by atoms with Gasteiger partial charge in [0, 0.05) is 11.8 Å². The second-order valence-corrected chi connectivity index (χ2v) is 11.3. The fourth-order valence-corrected chi connectivity index (χ4v) is 6.98. The highest BCUT2D eigenvalue weighted by Crippen LogP contribution is 2.61. The number of carbonyl (C=O) groups is 4. The van der Waals surface area contributed by atoms with Crippen molar-refractivity contribution in [3.05, 3.63) is 107 Å². The molecule has 40 heavy (non-hydrogen) atoms. The molecular weight excluding hydrogens is 504 g/mol. The van der Waals surface area contributed by atoms with Crippen molar-refractivity contribution in [3.8, 4) is 0 Å². The molecule has 2 bridgehead atoms. The Bertz CT molecular complexity index is 1380. The third-order valence-corrected chi connectivity index (χ3v) is 8.66. The Morgan fingerprint density at radius 2 is 1.20 bits per heavy atom. The molecule has 0 saturated carbocycles. The Labute approximate surface area is 233 Å². The second-order valence-electron chi connectivity index (χ2n) is 11.3. The first-order valence-corrected chi connectivity index (χ1v) is 13.8. The van der Waals surface area contributed by atoms with Crippen LogP contribution < -0.4 is 5.32 Å². The Morgan fingerprint density at radius 1 is 0.750 bits per heavy atom. The molecule has 3 aliphatic carbocycles. The summed E-state index contributed by atoms with van der Waals surface area (Å²) in [5, 5.41) is 2.82. The lowest BCUT2D eigenvalue weighted by Gasteiger charge is -2.45. The van der Waals surface area contributed by atoms with Gasteiger partial charge >= 0.3 is 5.97 Å². The van der Waals surface area contributed by atoms with Crippen molar-refractivity contribution in [3.63, 3.8) is 0 Å². The van der Waals surface area contributed by atoms with E-state index >= 15 is 0 Å².